The van der Waals surface area contributed by atoms with Crippen molar-refractivity contribution in [2.45, 2.75) is 30.7 Å². The number of rotatable bonds is 6. The molecule has 0 amide bonds. The Balaban J connectivity index is 2.61. The second-order valence-electron chi connectivity index (χ2n) is 5.48. The van der Waals surface area contributed by atoms with Crippen LogP contribution >= 0.6 is 0 Å². The fourth-order valence-corrected chi connectivity index (χ4v) is 3.40. The van der Waals surface area contributed by atoms with Gasteiger partial charge in [-0.3, -0.25) is 10.1 Å². The van der Waals surface area contributed by atoms with Crippen molar-refractivity contribution in [2.75, 3.05) is 5.32 Å². The van der Waals surface area contributed by atoms with Crippen molar-refractivity contribution < 1.29 is 13.3 Å². The van der Waals surface area contributed by atoms with Crippen molar-refractivity contribution in [1.82, 2.24) is 4.72 Å². The molecule has 0 bridgehead atoms. The summed E-state index contributed by atoms with van der Waals surface area (Å²) in [7, 11) is -3.99. The van der Waals surface area contributed by atoms with Crippen LogP contribution in [0, 0.1) is 51.0 Å². The molecule has 0 heterocycles. The number of nitrogens with zero attached hydrogens (tertiary/aromatic N) is 4. The maximum atomic E-state index is 12.4. The fraction of sp³-hybridized carbons (Fsp3) is 0.267. The lowest BCUT2D eigenvalue weighted by Gasteiger charge is -2.12. The summed E-state index contributed by atoms with van der Waals surface area (Å²) in [6, 6.07) is 6.52. The summed E-state index contributed by atoms with van der Waals surface area (Å²) < 4.78 is 27.2. The fourth-order valence-electron chi connectivity index (χ4n) is 2.05. The lowest BCUT2D eigenvalue weighted by atomic mass is 10.1. The van der Waals surface area contributed by atoms with Crippen molar-refractivity contribution >= 4 is 21.4 Å². The molecule has 0 spiro atoms. The number of allylic oxidation sites excluding steroid dienone is 2. The average Bonchev–Trinajstić information content (AvgIpc) is 3.39. The summed E-state index contributed by atoms with van der Waals surface area (Å²) in [6.07, 6.45) is 1.38. The molecular formula is C15H12N6O4S. The first-order valence-corrected chi connectivity index (χ1v) is 8.74. The molecule has 1 saturated carbocycles. The summed E-state index contributed by atoms with van der Waals surface area (Å²) in [5, 5.41) is 40.6. The van der Waals surface area contributed by atoms with Crippen molar-refractivity contribution in [3.8, 4) is 18.2 Å². The van der Waals surface area contributed by atoms with E-state index in [0.717, 1.165) is 12.1 Å². The van der Waals surface area contributed by atoms with Gasteiger partial charge in [-0.15, -0.1) is 0 Å². The molecule has 0 aromatic heterocycles. The highest BCUT2D eigenvalue weighted by Crippen LogP contribution is 2.32. The second-order valence-corrected chi connectivity index (χ2v) is 7.19. The van der Waals surface area contributed by atoms with Gasteiger partial charge in [0.1, 0.15) is 23.9 Å². The summed E-state index contributed by atoms with van der Waals surface area (Å²) in [6.45, 7) is 1.36. The van der Waals surface area contributed by atoms with Gasteiger partial charge in [0, 0.05) is 12.1 Å². The molecule has 132 valence electrons. The molecule has 1 aromatic carbocycles. The van der Waals surface area contributed by atoms with Crippen LogP contribution in [0.15, 0.2) is 28.3 Å². The Hall–Kier alpha value is -3.46. The van der Waals surface area contributed by atoms with Gasteiger partial charge < -0.3 is 5.32 Å². The molecule has 1 aromatic rings. The lowest BCUT2D eigenvalue weighted by molar-refractivity contribution is -0.385. The van der Waals surface area contributed by atoms with Gasteiger partial charge in [0.25, 0.3) is 5.69 Å². The van der Waals surface area contributed by atoms with E-state index in [4.69, 9.17) is 15.8 Å². The van der Waals surface area contributed by atoms with E-state index in [1.54, 1.807) is 6.07 Å². The number of nitro groups is 1. The number of nitriles is 3. The minimum Gasteiger partial charge on any atom is -0.345 e. The first-order valence-electron chi connectivity index (χ1n) is 7.26. The number of nitrogens with one attached hydrogen (secondary N) is 2. The van der Waals surface area contributed by atoms with Crippen molar-refractivity contribution in [3.05, 3.63) is 39.1 Å². The van der Waals surface area contributed by atoms with Crippen LogP contribution in [0.1, 0.15) is 18.4 Å². The zero-order valence-corrected chi connectivity index (χ0v) is 14.3. The zero-order valence-electron chi connectivity index (χ0n) is 13.5. The summed E-state index contributed by atoms with van der Waals surface area (Å²) in [4.78, 5) is 10.2. The van der Waals surface area contributed by atoms with Crippen molar-refractivity contribution in [3.63, 3.8) is 0 Å². The van der Waals surface area contributed by atoms with Crippen LogP contribution in [0.3, 0.4) is 0 Å². The maximum absolute atomic E-state index is 12.4. The van der Waals surface area contributed by atoms with E-state index < -0.39 is 31.9 Å². The molecule has 0 aliphatic heterocycles. The Kier molecular flexibility index (Phi) is 5.22. The molecule has 26 heavy (non-hydrogen) atoms. The number of anilines is 1. The summed E-state index contributed by atoms with van der Waals surface area (Å²) in [5.41, 5.74) is -1.44. The SMILES string of the molecule is Cc1c(NC(C#N)=C(C#N)C#N)cc(S(=O)(=O)NC2CC2)cc1[N+](=O)[O-]. The third kappa shape index (κ3) is 3.95. The largest absolute Gasteiger partial charge is 0.345 e. The number of benzene rings is 1. The van der Waals surface area contributed by atoms with Gasteiger partial charge >= 0.3 is 0 Å². The maximum Gasteiger partial charge on any atom is 0.275 e. The van der Waals surface area contributed by atoms with E-state index in [9.17, 15) is 18.5 Å². The van der Waals surface area contributed by atoms with E-state index in [2.05, 4.69) is 10.0 Å². The van der Waals surface area contributed by atoms with Gasteiger partial charge in [-0.25, -0.2) is 13.1 Å². The van der Waals surface area contributed by atoms with E-state index in [1.165, 1.54) is 19.1 Å². The van der Waals surface area contributed by atoms with Crippen LogP contribution in [0.5, 0.6) is 0 Å². The van der Waals surface area contributed by atoms with Gasteiger partial charge in [0.2, 0.25) is 10.0 Å². The molecule has 0 atom stereocenters. The lowest BCUT2D eigenvalue weighted by Crippen LogP contribution is -2.26. The topological polar surface area (TPSA) is 173 Å². The number of sulfonamides is 1. The minimum atomic E-state index is -3.99. The van der Waals surface area contributed by atoms with Crippen LogP contribution in [0.2, 0.25) is 0 Å². The molecule has 1 fully saturated rings. The van der Waals surface area contributed by atoms with Crippen LogP contribution in [0.25, 0.3) is 0 Å². The predicted molar refractivity (Wildman–Crippen MR) is 88.7 cm³/mol. The molecule has 0 unspecified atom stereocenters. The van der Waals surface area contributed by atoms with E-state index in [0.29, 0.717) is 12.8 Å². The Morgan fingerprint density at radius 2 is 1.85 bits per heavy atom. The molecule has 2 rings (SSSR count). The summed E-state index contributed by atoms with van der Waals surface area (Å²) in [5.74, 6) is 0. The number of hydrogen-bond acceptors (Lipinski definition) is 8. The molecule has 1 aliphatic rings. The highest BCUT2D eigenvalue weighted by atomic mass is 32.2. The van der Waals surface area contributed by atoms with Gasteiger partial charge in [-0.2, -0.15) is 15.8 Å². The Morgan fingerprint density at radius 3 is 2.31 bits per heavy atom. The summed E-state index contributed by atoms with van der Waals surface area (Å²) >= 11 is 0. The third-order valence-corrected chi connectivity index (χ3v) is 5.10. The molecule has 0 saturated heterocycles. The van der Waals surface area contributed by atoms with Crippen LogP contribution < -0.4 is 10.0 Å². The quantitative estimate of drug-likeness (QED) is 0.430. The van der Waals surface area contributed by atoms with E-state index in [-0.39, 0.29) is 22.2 Å². The van der Waals surface area contributed by atoms with Gasteiger partial charge in [0.15, 0.2) is 5.57 Å². The predicted octanol–water partition coefficient (Wildman–Crippen LogP) is 1.58. The second kappa shape index (κ2) is 7.19. The van der Waals surface area contributed by atoms with E-state index >= 15 is 0 Å². The molecule has 2 N–H and O–H groups in total. The van der Waals surface area contributed by atoms with E-state index in [1.807, 2.05) is 0 Å². The van der Waals surface area contributed by atoms with Gasteiger partial charge in [-0.05, 0) is 25.8 Å². The van der Waals surface area contributed by atoms with Gasteiger partial charge in [-0.1, -0.05) is 0 Å². The standard InChI is InChI=1S/C15H12N6O4S/c1-9-13(19-14(8-18)10(6-16)7-17)4-12(5-15(9)21(22)23)26(24,25)20-11-2-3-11/h4-5,11,19-20H,2-3H2,1H3. The minimum absolute atomic E-state index is 0.0587. The van der Waals surface area contributed by atoms with Crippen molar-refractivity contribution in [2.24, 2.45) is 0 Å². The smallest absolute Gasteiger partial charge is 0.275 e. The normalized spacial score (nSPS) is 13.0. The van der Waals surface area contributed by atoms with Crippen molar-refractivity contribution in [1.29, 1.82) is 15.8 Å². The average molecular weight is 372 g/mol. The third-order valence-electron chi connectivity index (χ3n) is 3.61. The molecule has 1 aliphatic carbocycles. The van der Waals surface area contributed by atoms with Crippen LogP contribution in [0.4, 0.5) is 11.4 Å². The molecule has 0 radical (unpaired) electrons. The van der Waals surface area contributed by atoms with Gasteiger partial charge in [0.05, 0.1) is 21.1 Å². The highest BCUT2D eigenvalue weighted by Gasteiger charge is 2.30. The first-order chi connectivity index (χ1) is 12.2. The zero-order chi connectivity index (χ0) is 19.5. The number of hydrogen-bond donors (Lipinski definition) is 2. The Labute approximate surface area is 149 Å². The number of nitro benzene ring substituents is 1. The first kappa shape index (κ1) is 18.9. The molecule has 10 nitrogen and oxygen atoms in total. The van der Waals surface area contributed by atoms with Crippen LogP contribution in [-0.2, 0) is 10.0 Å². The molecular weight excluding hydrogens is 360 g/mol. The van der Waals surface area contributed by atoms with Crippen LogP contribution in [-0.4, -0.2) is 19.4 Å². The molecule has 11 heteroatoms. The Morgan fingerprint density at radius 1 is 1.23 bits per heavy atom. The monoisotopic (exact) mass is 372 g/mol. The highest BCUT2D eigenvalue weighted by molar-refractivity contribution is 7.89. The Bertz CT molecular complexity index is 1020.